The first-order valence-electron chi connectivity index (χ1n) is 11.7. The molecule has 0 aliphatic rings. The molecule has 0 amide bonds. The molecule has 0 saturated heterocycles. The maximum Gasteiger partial charge on any atom is 0.119 e. The molecule has 1 heteroatoms. The average Bonchev–Trinajstić information content (AvgIpc) is 2.61. The number of hydrogen-bond acceptors (Lipinski definition) is 1. The lowest BCUT2D eigenvalue weighted by Crippen LogP contribution is -2.15. The summed E-state index contributed by atoms with van der Waals surface area (Å²) in [4.78, 5) is 0. The second kappa shape index (κ2) is 13.2. The van der Waals surface area contributed by atoms with Crippen LogP contribution in [0.4, 0.5) is 0 Å². The molecule has 0 fully saturated rings. The van der Waals surface area contributed by atoms with Crippen LogP contribution in [0.25, 0.3) is 0 Å². The Hall–Kier alpha value is -0.980. The lowest BCUT2D eigenvalue weighted by atomic mass is 9.80. The Bertz CT molecular complexity index is 510. The van der Waals surface area contributed by atoms with Crippen molar-refractivity contribution in [1.29, 1.82) is 0 Å². The van der Waals surface area contributed by atoms with Gasteiger partial charge in [0.25, 0.3) is 0 Å². The molecule has 156 valence electrons. The Kier molecular flexibility index (Phi) is 11.8. The Morgan fingerprint density at radius 2 is 1.15 bits per heavy atom. The highest BCUT2D eigenvalue weighted by Crippen LogP contribution is 2.34. The van der Waals surface area contributed by atoms with E-state index < -0.39 is 0 Å². The zero-order chi connectivity index (χ0) is 20.1. The summed E-state index contributed by atoms with van der Waals surface area (Å²) in [7, 11) is 0. The molecule has 0 bridgehead atoms. The third kappa shape index (κ3) is 9.67. The van der Waals surface area contributed by atoms with Crippen molar-refractivity contribution in [2.75, 3.05) is 0 Å². The summed E-state index contributed by atoms with van der Waals surface area (Å²) in [6.07, 6.45) is 17.9. The number of hydrogen-bond donors (Lipinski definition) is 1. The van der Waals surface area contributed by atoms with Crippen LogP contribution >= 0.6 is 0 Å². The molecule has 0 spiro atoms. The zero-order valence-electron chi connectivity index (χ0n) is 19.0. The average molecular weight is 375 g/mol. The van der Waals surface area contributed by atoms with E-state index >= 15 is 0 Å². The van der Waals surface area contributed by atoms with Crippen LogP contribution < -0.4 is 0 Å². The largest absolute Gasteiger partial charge is 0.508 e. The van der Waals surface area contributed by atoms with Crippen LogP contribution in [0.15, 0.2) is 12.1 Å². The molecule has 0 unspecified atom stereocenters. The molecule has 0 aliphatic carbocycles. The Morgan fingerprint density at radius 3 is 1.67 bits per heavy atom. The number of rotatable bonds is 14. The van der Waals surface area contributed by atoms with Gasteiger partial charge in [0, 0.05) is 0 Å². The molecule has 1 aromatic rings. The van der Waals surface area contributed by atoms with Crippen LogP contribution in [0, 0.1) is 0 Å². The molecule has 0 radical (unpaired) electrons. The van der Waals surface area contributed by atoms with E-state index in [1.165, 1.54) is 93.7 Å². The first-order chi connectivity index (χ1) is 12.9. The SMILES string of the molecule is CCCCCCCCc1cc(O)c(CCCCCCCC)c(C(C)(C)C)c1. The monoisotopic (exact) mass is 374 g/mol. The van der Waals surface area contributed by atoms with E-state index in [4.69, 9.17) is 0 Å². The highest BCUT2D eigenvalue weighted by atomic mass is 16.3. The summed E-state index contributed by atoms with van der Waals surface area (Å²) >= 11 is 0. The Labute approximate surface area is 170 Å². The van der Waals surface area contributed by atoms with Gasteiger partial charge in [0.2, 0.25) is 0 Å². The van der Waals surface area contributed by atoms with Gasteiger partial charge in [0.05, 0.1) is 0 Å². The van der Waals surface area contributed by atoms with Gasteiger partial charge in [0.1, 0.15) is 5.75 Å². The first-order valence-corrected chi connectivity index (χ1v) is 11.7. The summed E-state index contributed by atoms with van der Waals surface area (Å²) in [5, 5.41) is 10.7. The minimum absolute atomic E-state index is 0.0894. The van der Waals surface area contributed by atoms with Gasteiger partial charge in [0.15, 0.2) is 0 Å². The molecular formula is C26H46O. The predicted molar refractivity (Wildman–Crippen MR) is 121 cm³/mol. The molecule has 1 N–H and O–H groups in total. The topological polar surface area (TPSA) is 20.2 Å². The van der Waals surface area contributed by atoms with Crippen molar-refractivity contribution in [2.24, 2.45) is 0 Å². The molecule has 0 aromatic heterocycles. The molecule has 27 heavy (non-hydrogen) atoms. The lowest BCUT2D eigenvalue weighted by Gasteiger charge is -2.25. The number of phenolic OH excluding ortho intramolecular Hbond substituents is 1. The maximum absolute atomic E-state index is 10.7. The van der Waals surface area contributed by atoms with Crippen LogP contribution in [0.3, 0.4) is 0 Å². The summed E-state index contributed by atoms with van der Waals surface area (Å²) in [6, 6.07) is 4.44. The van der Waals surface area contributed by atoms with Crippen molar-refractivity contribution < 1.29 is 5.11 Å². The zero-order valence-corrected chi connectivity index (χ0v) is 19.0. The number of aromatic hydroxyl groups is 1. The second-order valence-corrected chi connectivity index (χ2v) is 9.43. The van der Waals surface area contributed by atoms with E-state index in [9.17, 15) is 5.11 Å². The van der Waals surface area contributed by atoms with Crippen LogP contribution in [-0.2, 0) is 18.3 Å². The first kappa shape index (κ1) is 24.1. The van der Waals surface area contributed by atoms with Crippen molar-refractivity contribution in [1.82, 2.24) is 0 Å². The van der Waals surface area contributed by atoms with E-state index in [2.05, 4.69) is 40.7 Å². The van der Waals surface area contributed by atoms with Crippen molar-refractivity contribution in [3.63, 3.8) is 0 Å². The Balaban J connectivity index is 2.66. The van der Waals surface area contributed by atoms with Crippen molar-refractivity contribution in [2.45, 2.75) is 130 Å². The van der Waals surface area contributed by atoms with E-state index in [0.717, 1.165) is 12.8 Å². The van der Waals surface area contributed by atoms with E-state index in [0.29, 0.717) is 5.75 Å². The fourth-order valence-electron chi connectivity index (χ4n) is 3.98. The number of phenols is 1. The fourth-order valence-corrected chi connectivity index (χ4v) is 3.98. The van der Waals surface area contributed by atoms with Gasteiger partial charge < -0.3 is 5.11 Å². The minimum atomic E-state index is 0.0894. The molecule has 0 atom stereocenters. The number of benzene rings is 1. The van der Waals surface area contributed by atoms with Crippen molar-refractivity contribution in [3.8, 4) is 5.75 Å². The van der Waals surface area contributed by atoms with Crippen molar-refractivity contribution >= 4 is 0 Å². The maximum atomic E-state index is 10.7. The summed E-state index contributed by atoms with van der Waals surface area (Å²) < 4.78 is 0. The lowest BCUT2D eigenvalue weighted by molar-refractivity contribution is 0.457. The third-order valence-corrected chi connectivity index (χ3v) is 5.69. The normalized spacial score (nSPS) is 11.9. The molecule has 0 heterocycles. The third-order valence-electron chi connectivity index (χ3n) is 5.69. The summed E-state index contributed by atoms with van der Waals surface area (Å²) in [5.41, 5.74) is 3.97. The predicted octanol–water partition coefficient (Wildman–Crippen LogP) is 8.50. The van der Waals surface area contributed by atoms with Crippen LogP contribution in [0.5, 0.6) is 5.75 Å². The van der Waals surface area contributed by atoms with Gasteiger partial charge in [-0.25, -0.2) is 0 Å². The summed E-state index contributed by atoms with van der Waals surface area (Å²) in [5.74, 6) is 0.539. The number of unbranched alkanes of at least 4 members (excludes halogenated alkanes) is 10. The Morgan fingerprint density at radius 1 is 0.667 bits per heavy atom. The van der Waals surface area contributed by atoms with E-state index in [1.54, 1.807) is 0 Å². The van der Waals surface area contributed by atoms with Gasteiger partial charge in [-0.3, -0.25) is 0 Å². The molecule has 0 aliphatic heterocycles. The van der Waals surface area contributed by atoms with Gasteiger partial charge in [-0.15, -0.1) is 0 Å². The van der Waals surface area contributed by atoms with Gasteiger partial charge in [-0.1, -0.05) is 105 Å². The quantitative estimate of drug-likeness (QED) is 0.324. The van der Waals surface area contributed by atoms with Crippen molar-refractivity contribution in [3.05, 3.63) is 28.8 Å². The number of aryl methyl sites for hydroxylation is 1. The van der Waals surface area contributed by atoms with Gasteiger partial charge in [-0.05, 0) is 53.9 Å². The molecule has 1 aromatic carbocycles. The van der Waals surface area contributed by atoms with E-state index in [-0.39, 0.29) is 5.41 Å². The molecule has 1 nitrogen and oxygen atoms in total. The molecule has 1 rings (SSSR count). The van der Waals surface area contributed by atoms with Crippen LogP contribution in [0.1, 0.15) is 128 Å². The van der Waals surface area contributed by atoms with Gasteiger partial charge in [-0.2, -0.15) is 0 Å². The summed E-state index contributed by atoms with van der Waals surface area (Å²) in [6.45, 7) is 11.4. The highest BCUT2D eigenvalue weighted by Gasteiger charge is 2.21. The highest BCUT2D eigenvalue weighted by molar-refractivity contribution is 5.46. The minimum Gasteiger partial charge on any atom is -0.508 e. The van der Waals surface area contributed by atoms with E-state index in [1.807, 2.05) is 6.07 Å². The van der Waals surface area contributed by atoms with Gasteiger partial charge >= 0.3 is 0 Å². The standard InChI is InChI=1S/C26H46O/c1-6-8-10-12-14-16-18-22-20-24(26(3,4)5)23(25(27)21-22)19-17-15-13-11-9-7-2/h20-21,27H,6-19H2,1-5H3. The second-order valence-electron chi connectivity index (χ2n) is 9.43. The fraction of sp³-hybridized carbons (Fsp3) is 0.769. The smallest absolute Gasteiger partial charge is 0.119 e. The molecular weight excluding hydrogens is 328 g/mol. The molecule has 0 saturated carbocycles. The van der Waals surface area contributed by atoms with Crippen LogP contribution in [0.2, 0.25) is 0 Å². The van der Waals surface area contributed by atoms with Crippen LogP contribution in [-0.4, -0.2) is 5.11 Å².